The number of hydrogen-bond donors (Lipinski definition) is 2. The van der Waals surface area contributed by atoms with Crippen molar-refractivity contribution in [3.63, 3.8) is 0 Å². The summed E-state index contributed by atoms with van der Waals surface area (Å²) in [5.41, 5.74) is 5.78. The normalized spacial score (nSPS) is 19.4. The minimum Gasteiger partial charge on any atom is -0.351 e. The molecular weight excluding hydrogens is 328 g/mol. The number of unbranched alkanes of at least 4 members (excludes halogenated alkanes) is 1. The molecule has 24 heavy (non-hydrogen) atoms. The van der Waals surface area contributed by atoms with E-state index in [1.807, 2.05) is 0 Å². The molecule has 0 saturated carbocycles. The molecule has 8 heteroatoms. The molecular formula is C16H28N4O3S. The number of nitrogens with one attached hydrogen (secondary N) is 1. The predicted molar refractivity (Wildman–Crippen MR) is 93.2 cm³/mol. The Labute approximate surface area is 144 Å². The van der Waals surface area contributed by atoms with Crippen LogP contribution in [0.4, 0.5) is 0 Å². The third-order valence-corrected chi connectivity index (χ3v) is 6.22. The molecule has 1 amide bonds. The number of carbonyl (C=O) groups excluding carboxylic acids is 1. The Hall–Kier alpha value is -1.38. The van der Waals surface area contributed by atoms with Gasteiger partial charge in [0.15, 0.2) is 0 Å². The summed E-state index contributed by atoms with van der Waals surface area (Å²) in [6, 6.07) is 1.47. The molecule has 0 bridgehead atoms. The van der Waals surface area contributed by atoms with Crippen LogP contribution in [0.3, 0.4) is 0 Å². The molecule has 7 nitrogen and oxygen atoms in total. The first-order valence-electron chi connectivity index (χ1n) is 8.51. The SMILES string of the molecule is CC1CCCN(S(=O)(=O)c2cc(C(=O)NCCCCN)n(C)c2)C1. The summed E-state index contributed by atoms with van der Waals surface area (Å²) >= 11 is 0. The minimum absolute atomic E-state index is 0.186. The summed E-state index contributed by atoms with van der Waals surface area (Å²) in [5, 5.41) is 2.80. The molecule has 1 saturated heterocycles. The third kappa shape index (κ3) is 4.37. The number of nitrogens with zero attached hydrogens (tertiary/aromatic N) is 2. The molecule has 0 spiro atoms. The topological polar surface area (TPSA) is 97.4 Å². The van der Waals surface area contributed by atoms with Crippen molar-refractivity contribution >= 4 is 15.9 Å². The second kappa shape index (κ2) is 8.13. The zero-order valence-corrected chi connectivity index (χ0v) is 15.3. The zero-order valence-electron chi connectivity index (χ0n) is 14.5. The first-order valence-corrected chi connectivity index (χ1v) is 9.95. The van der Waals surface area contributed by atoms with E-state index in [-0.39, 0.29) is 10.8 Å². The van der Waals surface area contributed by atoms with Gasteiger partial charge < -0.3 is 15.6 Å². The number of rotatable bonds is 7. The van der Waals surface area contributed by atoms with Gasteiger partial charge in [-0.2, -0.15) is 4.31 Å². The maximum atomic E-state index is 12.8. The number of aryl methyl sites for hydroxylation is 1. The van der Waals surface area contributed by atoms with E-state index < -0.39 is 10.0 Å². The quantitative estimate of drug-likeness (QED) is 0.710. The van der Waals surface area contributed by atoms with E-state index in [0.717, 1.165) is 25.7 Å². The summed E-state index contributed by atoms with van der Waals surface area (Å²) in [6.45, 7) is 4.27. The smallest absolute Gasteiger partial charge is 0.267 e. The molecule has 0 aromatic carbocycles. The van der Waals surface area contributed by atoms with Crippen LogP contribution >= 0.6 is 0 Å². The van der Waals surface area contributed by atoms with Crippen molar-refractivity contribution in [2.75, 3.05) is 26.2 Å². The van der Waals surface area contributed by atoms with Crippen molar-refractivity contribution in [3.05, 3.63) is 18.0 Å². The standard InChI is InChI=1S/C16H28N4O3S/c1-13-6-5-9-20(11-13)24(22,23)14-10-15(19(2)12-14)16(21)18-8-4-3-7-17/h10,12-13H,3-9,11,17H2,1-2H3,(H,18,21). The number of piperidine rings is 1. The molecule has 0 aliphatic carbocycles. The van der Waals surface area contributed by atoms with Crippen LogP contribution in [0.1, 0.15) is 43.1 Å². The van der Waals surface area contributed by atoms with Gasteiger partial charge in [-0.05, 0) is 44.2 Å². The molecule has 1 fully saturated rings. The Balaban J connectivity index is 2.10. The minimum atomic E-state index is -3.54. The van der Waals surface area contributed by atoms with Crippen LogP contribution in [0.25, 0.3) is 0 Å². The molecule has 2 rings (SSSR count). The summed E-state index contributed by atoms with van der Waals surface area (Å²) in [6.07, 6.45) is 5.10. The van der Waals surface area contributed by atoms with E-state index in [9.17, 15) is 13.2 Å². The molecule has 1 aromatic heterocycles. The van der Waals surface area contributed by atoms with Crippen molar-refractivity contribution < 1.29 is 13.2 Å². The van der Waals surface area contributed by atoms with Gasteiger partial charge in [-0.15, -0.1) is 0 Å². The van der Waals surface area contributed by atoms with Crippen molar-refractivity contribution in [1.29, 1.82) is 0 Å². The van der Waals surface area contributed by atoms with E-state index in [1.165, 1.54) is 16.6 Å². The highest BCUT2D eigenvalue weighted by atomic mass is 32.2. The first-order chi connectivity index (χ1) is 11.4. The van der Waals surface area contributed by atoms with Gasteiger partial charge in [0.05, 0.1) is 0 Å². The lowest BCUT2D eigenvalue weighted by Gasteiger charge is -2.29. The van der Waals surface area contributed by atoms with E-state index >= 15 is 0 Å². The van der Waals surface area contributed by atoms with Crippen molar-refractivity contribution in [2.45, 2.75) is 37.5 Å². The first kappa shape index (κ1) is 19.0. The zero-order chi connectivity index (χ0) is 17.7. The van der Waals surface area contributed by atoms with Gasteiger partial charge in [-0.3, -0.25) is 4.79 Å². The van der Waals surface area contributed by atoms with Gasteiger partial charge in [0.1, 0.15) is 10.6 Å². The largest absolute Gasteiger partial charge is 0.351 e. The van der Waals surface area contributed by atoms with Gasteiger partial charge in [0.2, 0.25) is 10.0 Å². The van der Waals surface area contributed by atoms with Gasteiger partial charge in [-0.25, -0.2) is 8.42 Å². The Morgan fingerprint density at radius 1 is 1.42 bits per heavy atom. The fourth-order valence-electron chi connectivity index (χ4n) is 2.98. The summed E-state index contributed by atoms with van der Waals surface area (Å²) in [5.74, 6) is 0.102. The molecule has 1 unspecified atom stereocenters. The summed E-state index contributed by atoms with van der Waals surface area (Å²) < 4.78 is 28.7. The van der Waals surface area contributed by atoms with Crippen molar-refractivity contribution in [3.8, 4) is 0 Å². The summed E-state index contributed by atoms with van der Waals surface area (Å²) in [4.78, 5) is 12.4. The average molecular weight is 356 g/mol. The fraction of sp³-hybridized carbons (Fsp3) is 0.688. The molecule has 0 radical (unpaired) electrons. The highest BCUT2D eigenvalue weighted by Crippen LogP contribution is 2.24. The number of amides is 1. The average Bonchev–Trinajstić information content (AvgIpc) is 2.94. The molecule has 1 aromatic rings. The number of carbonyl (C=O) groups is 1. The van der Waals surface area contributed by atoms with Crippen LogP contribution < -0.4 is 11.1 Å². The Morgan fingerprint density at radius 3 is 2.83 bits per heavy atom. The van der Waals surface area contributed by atoms with Crippen LogP contribution in [-0.4, -0.2) is 49.4 Å². The van der Waals surface area contributed by atoms with Gasteiger partial charge in [0, 0.05) is 32.9 Å². The van der Waals surface area contributed by atoms with Crippen LogP contribution in [0, 0.1) is 5.92 Å². The second-order valence-electron chi connectivity index (χ2n) is 6.53. The third-order valence-electron chi connectivity index (χ3n) is 4.39. The highest BCUT2D eigenvalue weighted by molar-refractivity contribution is 7.89. The lowest BCUT2D eigenvalue weighted by molar-refractivity contribution is 0.0945. The lowest BCUT2D eigenvalue weighted by Crippen LogP contribution is -2.38. The van der Waals surface area contributed by atoms with E-state index in [0.29, 0.717) is 37.8 Å². The lowest BCUT2D eigenvalue weighted by atomic mass is 10.0. The molecule has 1 atom stereocenters. The molecule has 2 heterocycles. The maximum absolute atomic E-state index is 12.8. The fourth-order valence-corrected chi connectivity index (χ4v) is 4.65. The maximum Gasteiger partial charge on any atom is 0.267 e. The molecule has 1 aliphatic rings. The number of nitrogens with two attached hydrogens (primary N) is 1. The number of aromatic nitrogens is 1. The molecule has 1 aliphatic heterocycles. The van der Waals surface area contributed by atoms with Crippen molar-refractivity contribution in [2.24, 2.45) is 18.7 Å². The van der Waals surface area contributed by atoms with Gasteiger partial charge in [-0.1, -0.05) is 6.92 Å². The number of hydrogen-bond acceptors (Lipinski definition) is 4. The Bertz CT molecular complexity index is 669. The Kier molecular flexibility index (Phi) is 6.42. The summed E-state index contributed by atoms with van der Waals surface area (Å²) in [7, 11) is -1.86. The van der Waals surface area contributed by atoms with Crippen LogP contribution in [0.2, 0.25) is 0 Å². The number of sulfonamides is 1. The van der Waals surface area contributed by atoms with Crippen LogP contribution in [0.15, 0.2) is 17.2 Å². The van der Waals surface area contributed by atoms with Crippen molar-refractivity contribution in [1.82, 2.24) is 14.2 Å². The predicted octanol–water partition coefficient (Wildman–Crippen LogP) is 0.914. The van der Waals surface area contributed by atoms with Crippen LogP contribution in [0.5, 0.6) is 0 Å². The monoisotopic (exact) mass is 356 g/mol. The molecule has 3 N–H and O–H groups in total. The van der Waals surface area contributed by atoms with Crippen LogP contribution in [-0.2, 0) is 17.1 Å². The van der Waals surface area contributed by atoms with E-state index in [1.54, 1.807) is 11.6 Å². The highest BCUT2D eigenvalue weighted by Gasteiger charge is 2.30. The van der Waals surface area contributed by atoms with Gasteiger partial charge in [0.25, 0.3) is 5.91 Å². The van der Waals surface area contributed by atoms with Gasteiger partial charge >= 0.3 is 0 Å². The van der Waals surface area contributed by atoms with E-state index in [2.05, 4.69) is 12.2 Å². The Morgan fingerprint density at radius 2 is 2.17 bits per heavy atom. The molecule has 136 valence electrons. The second-order valence-corrected chi connectivity index (χ2v) is 8.47. The van der Waals surface area contributed by atoms with E-state index in [4.69, 9.17) is 5.73 Å².